The summed E-state index contributed by atoms with van der Waals surface area (Å²) in [5.74, 6) is 0.628. The number of carbonyl (C=O) groups is 1. The maximum absolute atomic E-state index is 12.5. The average molecular weight is 358 g/mol. The summed E-state index contributed by atoms with van der Waals surface area (Å²) >= 11 is 1.54. The highest BCUT2D eigenvalue weighted by Gasteiger charge is 2.34. The summed E-state index contributed by atoms with van der Waals surface area (Å²) < 4.78 is 0. The Hall–Kier alpha value is -1.75. The molecule has 4 nitrogen and oxygen atoms in total. The van der Waals surface area contributed by atoms with Crippen molar-refractivity contribution < 1.29 is 4.79 Å². The lowest BCUT2D eigenvalue weighted by molar-refractivity contribution is -0.122. The van der Waals surface area contributed by atoms with Gasteiger partial charge in [-0.05, 0) is 36.3 Å². The summed E-state index contributed by atoms with van der Waals surface area (Å²) in [6.45, 7) is 6.84. The van der Waals surface area contributed by atoms with Crippen molar-refractivity contribution in [3.8, 4) is 10.7 Å². The van der Waals surface area contributed by atoms with Gasteiger partial charge in [0.05, 0.1) is 17.8 Å². The SMILES string of the molecule is CC(C)(C)C1CCCCC1NC(=O)Cc1csc(-c2ccccn2)n1. The zero-order chi connectivity index (χ0) is 17.9. The highest BCUT2D eigenvalue weighted by Crippen LogP contribution is 2.38. The van der Waals surface area contributed by atoms with Crippen LogP contribution in [0.15, 0.2) is 29.8 Å². The minimum Gasteiger partial charge on any atom is -0.353 e. The smallest absolute Gasteiger partial charge is 0.226 e. The van der Waals surface area contributed by atoms with E-state index in [2.05, 4.69) is 36.1 Å². The van der Waals surface area contributed by atoms with E-state index in [4.69, 9.17) is 0 Å². The number of amides is 1. The molecule has 2 unspecified atom stereocenters. The molecular formula is C20H27N3OS. The molecule has 1 saturated carbocycles. The summed E-state index contributed by atoms with van der Waals surface area (Å²) in [5.41, 5.74) is 1.91. The van der Waals surface area contributed by atoms with Crippen molar-refractivity contribution >= 4 is 17.2 Å². The van der Waals surface area contributed by atoms with E-state index in [1.54, 1.807) is 17.5 Å². The van der Waals surface area contributed by atoms with Gasteiger partial charge in [-0.2, -0.15) is 0 Å². The largest absolute Gasteiger partial charge is 0.353 e. The minimum absolute atomic E-state index is 0.0824. The number of nitrogens with one attached hydrogen (secondary N) is 1. The fourth-order valence-corrected chi connectivity index (χ4v) is 4.55. The van der Waals surface area contributed by atoms with Crippen LogP contribution < -0.4 is 5.32 Å². The van der Waals surface area contributed by atoms with Crippen LogP contribution in [0, 0.1) is 11.3 Å². The molecule has 1 N–H and O–H groups in total. The molecule has 0 aromatic carbocycles. The topological polar surface area (TPSA) is 54.9 Å². The first-order valence-electron chi connectivity index (χ1n) is 9.08. The molecule has 2 atom stereocenters. The first-order chi connectivity index (χ1) is 11.9. The van der Waals surface area contributed by atoms with E-state index in [0.717, 1.165) is 22.8 Å². The van der Waals surface area contributed by atoms with Crippen LogP contribution in [-0.4, -0.2) is 21.9 Å². The van der Waals surface area contributed by atoms with Crippen molar-refractivity contribution in [1.82, 2.24) is 15.3 Å². The number of nitrogens with zero attached hydrogens (tertiary/aromatic N) is 2. The molecular weight excluding hydrogens is 330 g/mol. The Bertz CT molecular complexity index is 705. The van der Waals surface area contributed by atoms with E-state index in [1.807, 2.05) is 23.6 Å². The maximum Gasteiger partial charge on any atom is 0.226 e. The zero-order valence-electron chi connectivity index (χ0n) is 15.3. The van der Waals surface area contributed by atoms with Crippen LogP contribution in [-0.2, 0) is 11.2 Å². The molecule has 1 aliphatic rings. The van der Waals surface area contributed by atoms with E-state index in [0.29, 0.717) is 12.3 Å². The van der Waals surface area contributed by atoms with Crippen molar-refractivity contribution in [3.63, 3.8) is 0 Å². The molecule has 25 heavy (non-hydrogen) atoms. The molecule has 0 radical (unpaired) electrons. The fourth-order valence-electron chi connectivity index (χ4n) is 3.76. The predicted molar refractivity (Wildman–Crippen MR) is 102 cm³/mol. The third-order valence-corrected chi connectivity index (χ3v) is 5.92. The van der Waals surface area contributed by atoms with Crippen LogP contribution in [0.25, 0.3) is 10.7 Å². The van der Waals surface area contributed by atoms with Gasteiger partial charge in [0.15, 0.2) is 0 Å². The lowest BCUT2D eigenvalue weighted by atomic mass is 9.69. The Morgan fingerprint density at radius 1 is 1.28 bits per heavy atom. The van der Waals surface area contributed by atoms with E-state index in [9.17, 15) is 4.79 Å². The molecule has 1 fully saturated rings. The predicted octanol–water partition coefficient (Wildman–Crippen LogP) is 4.47. The van der Waals surface area contributed by atoms with Crippen LogP contribution in [0.4, 0.5) is 0 Å². The van der Waals surface area contributed by atoms with Crippen molar-refractivity contribution in [1.29, 1.82) is 0 Å². The molecule has 134 valence electrons. The average Bonchev–Trinajstić information content (AvgIpc) is 3.03. The Morgan fingerprint density at radius 3 is 2.80 bits per heavy atom. The number of hydrogen-bond acceptors (Lipinski definition) is 4. The molecule has 2 aromatic heterocycles. The molecule has 2 aromatic rings. The Morgan fingerprint density at radius 2 is 2.08 bits per heavy atom. The Kier molecular flexibility index (Phi) is 5.52. The molecule has 5 heteroatoms. The second-order valence-electron chi connectivity index (χ2n) is 7.97. The van der Waals surface area contributed by atoms with Crippen molar-refractivity contribution in [2.45, 2.75) is 58.9 Å². The third-order valence-electron chi connectivity index (χ3n) is 5.00. The van der Waals surface area contributed by atoms with Gasteiger partial charge in [0.25, 0.3) is 0 Å². The van der Waals surface area contributed by atoms with Gasteiger partial charge in [-0.25, -0.2) is 4.98 Å². The highest BCUT2D eigenvalue weighted by molar-refractivity contribution is 7.13. The molecule has 0 aliphatic heterocycles. The van der Waals surface area contributed by atoms with Gasteiger partial charge in [-0.15, -0.1) is 11.3 Å². The zero-order valence-corrected chi connectivity index (χ0v) is 16.1. The van der Waals surface area contributed by atoms with Crippen molar-refractivity contribution in [2.24, 2.45) is 11.3 Å². The normalized spacial score (nSPS) is 21.1. The number of aromatic nitrogens is 2. The highest BCUT2D eigenvalue weighted by atomic mass is 32.1. The molecule has 0 bridgehead atoms. The lowest BCUT2D eigenvalue weighted by Gasteiger charge is -2.40. The summed E-state index contributed by atoms with van der Waals surface area (Å²) in [4.78, 5) is 21.4. The number of hydrogen-bond donors (Lipinski definition) is 1. The number of rotatable bonds is 4. The van der Waals surface area contributed by atoms with Crippen LogP contribution >= 0.6 is 11.3 Å². The van der Waals surface area contributed by atoms with Gasteiger partial charge in [-0.3, -0.25) is 9.78 Å². The van der Waals surface area contributed by atoms with Crippen molar-refractivity contribution in [3.05, 3.63) is 35.5 Å². The third kappa shape index (κ3) is 4.66. The molecule has 1 aliphatic carbocycles. The van der Waals surface area contributed by atoms with E-state index in [-0.39, 0.29) is 17.4 Å². The molecule has 1 amide bonds. The second-order valence-corrected chi connectivity index (χ2v) is 8.82. The number of carbonyl (C=O) groups excluding carboxylic acids is 1. The maximum atomic E-state index is 12.5. The van der Waals surface area contributed by atoms with Gasteiger partial charge in [-0.1, -0.05) is 39.7 Å². The van der Waals surface area contributed by atoms with Gasteiger partial charge in [0, 0.05) is 17.6 Å². The standard InChI is InChI=1S/C20H27N3OS/c1-20(2,3)15-8-4-5-9-16(15)23-18(24)12-14-13-25-19(22-14)17-10-6-7-11-21-17/h6-7,10-11,13,15-16H,4-5,8-9,12H2,1-3H3,(H,23,24). The first kappa shape index (κ1) is 18.1. The lowest BCUT2D eigenvalue weighted by Crippen LogP contribution is -2.47. The Labute approximate surface area is 154 Å². The fraction of sp³-hybridized carbons (Fsp3) is 0.550. The molecule has 0 saturated heterocycles. The van der Waals surface area contributed by atoms with Gasteiger partial charge in [0.1, 0.15) is 5.01 Å². The van der Waals surface area contributed by atoms with E-state index < -0.39 is 0 Å². The quantitative estimate of drug-likeness (QED) is 0.878. The Balaban J connectivity index is 1.62. The summed E-state index contributed by atoms with van der Waals surface area (Å²) in [7, 11) is 0. The monoisotopic (exact) mass is 357 g/mol. The van der Waals surface area contributed by atoms with Crippen molar-refractivity contribution in [2.75, 3.05) is 0 Å². The minimum atomic E-state index is 0.0824. The van der Waals surface area contributed by atoms with E-state index in [1.165, 1.54) is 19.3 Å². The van der Waals surface area contributed by atoms with Crippen LogP contribution in [0.2, 0.25) is 0 Å². The van der Waals surface area contributed by atoms with Crippen LogP contribution in [0.5, 0.6) is 0 Å². The summed E-state index contributed by atoms with van der Waals surface area (Å²) in [6, 6.07) is 6.07. The summed E-state index contributed by atoms with van der Waals surface area (Å²) in [5, 5.41) is 6.12. The van der Waals surface area contributed by atoms with Gasteiger partial charge >= 0.3 is 0 Å². The number of thiazole rings is 1. The molecule has 0 spiro atoms. The second kappa shape index (κ2) is 7.65. The molecule has 2 heterocycles. The first-order valence-corrected chi connectivity index (χ1v) is 9.96. The molecule has 3 rings (SSSR count). The van der Waals surface area contributed by atoms with Gasteiger partial charge in [0.2, 0.25) is 5.91 Å². The summed E-state index contributed by atoms with van der Waals surface area (Å²) in [6.07, 6.45) is 6.88. The van der Waals surface area contributed by atoms with Crippen LogP contribution in [0.3, 0.4) is 0 Å². The van der Waals surface area contributed by atoms with E-state index >= 15 is 0 Å². The van der Waals surface area contributed by atoms with Gasteiger partial charge < -0.3 is 5.32 Å². The number of pyridine rings is 1. The van der Waals surface area contributed by atoms with Crippen LogP contribution in [0.1, 0.15) is 52.1 Å².